The highest BCUT2D eigenvalue weighted by molar-refractivity contribution is 6.05. The topological polar surface area (TPSA) is 74.6 Å². The summed E-state index contributed by atoms with van der Waals surface area (Å²) in [6.45, 7) is 0. The van der Waals surface area contributed by atoms with Crippen LogP contribution >= 0.6 is 0 Å². The van der Waals surface area contributed by atoms with Gasteiger partial charge in [-0.3, -0.25) is 0 Å². The lowest BCUT2D eigenvalue weighted by Gasteiger charge is -2.16. The number of hydrogen-bond acceptors (Lipinski definition) is 2. The molecule has 0 aliphatic heterocycles. The highest BCUT2D eigenvalue weighted by atomic mass is 16.4. The third-order valence-electron chi connectivity index (χ3n) is 5.25. The monoisotopic (exact) mass is 426 g/mol. The molecule has 3 rings (SSSR count). The minimum absolute atomic E-state index is 0.815. The number of aliphatic carboxylic acids is 2. The number of allylic oxidation sites excluding steroid dienone is 6. The molecule has 3 aromatic rings. The van der Waals surface area contributed by atoms with Gasteiger partial charge in [0.25, 0.3) is 0 Å². The van der Waals surface area contributed by atoms with Gasteiger partial charge in [0.1, 0.15) is 0 Å². The number of benzene rings is 3. The maximum absolute atomic E-state index is 10.6. The summed E-state index contributed by atoms with van der Waals surface area (Å²) < 4.78 is 0. The Morgan fingerprint density at radius 2 is 0.938 bits per heavy atom. The van der Waals surface area contributed by atoms with Crippen LogP contribution in [0.1, 0.15) is 24.0 Å². The van der Waals surface area contributed by atoms with Crippen LogP contribution in [0.15, 0.2) is 97.1 Å². The largest absolute Gasteiger partial charge is 0.478 e. The summed E-state index contributed by atoms with van der Waals surface area (Å²) in [7, 11) is 0. The van der Waals surface area contributed by atoms with Gasteiger partial charge < -0.3 is 10.2 Å². The van der Waals surface area contributed by atoms with E-state index in [0.717, 1.165) is 37.8 Å². The van der Waals surface area contributed by atoms with E-state index in [1.54, 1.807) is 24.3 Å². The minimum Gasteiger partial charge on any atom is -0.478 e. The molecule has 0 heterocycles. The lowest BCUT2D eigenvalue weighted by molar-refractivity contribution is -0.132. The van der Waals surface area contributed by atoms with Crippen LogP contribution in [0.2, 0.25) is 0 Å². The zero-order valence-corrected chi connectivity index (χ0v) is 17.8. The Bertz CT molecular complexity index is 1080. The third kappa shape index (κ3) is 6.05. The van der Waals surface area contributed by atoms with E-state index in [2.05, 4.69) is 48.5 Å². The number of hydrogen-bond donors (Lipinski definition) is 2. The summed E-state index contributed by atoms with van der Waals surface area (Å²) in [5.41, 5.74) is 2.60. The maximum Gasteiger partial charge on any atom is 0.328 e. The van der Waals surface area contributed by atoms with Gasteiger partial charge >= 0.3 is 11.9 Å². The molecule has 0 atom stereocenters. The molecule has 0 fully saturated rings. The Labute approximate surface area is 187 Å². The summed E-state index contributed by atoms with van der Waals surface area (Å²) in [6, 6.07) is 16.9. The van der Waals surface area contributed by atoms with Gasteiger partial charge in [-0.1, -0.05) is 85.0 Å². The van der Waals surface area contributed by atoms with E-state index in [1.165, 1.54) is 32.7 Å². The molecule has 0 aliphatic rings. The van der Waals surface area contributed by atoms with Crippen molar-refractivity contribution in [3.8, 4) is 0 Å². The van der Waals surface area contributed by atoms with Gasteiger partial charge in [0.05, 0.1) is 0 Å². The number of carboxylic acid groups (broad SMARTS) is 2. The maximum atomic E-state index is 10.6. The Balaban J connectivity index is 1.92. The second kappa shape index (κ2) is 11.5. The highest BCUT2D eigenvalue weighted by Gasteiger charge is 2.12. The van der Waals surface area contributed by atoms with Crippen LogP contribution in [0, 0.1) is 0 Å². The van der Waals surface area contributed by atoms with Gasteiger partial charge in [0.15, 0.2) is 0 Å². The molecule has 162 valence electrons. The van der Waals surface area contributed by atoms with Crippen LogP contribution in [0.4, 0.5) is 0 Å². The van der Waals surface area contributed by atoms with Crippen molar-refractivity contribution in [2.24, 2.45) is 0 Å². The van der Waals surface area contributed by atoms with Gasteiger partial charge in [-0.25, -0.2) is 9.59 Å². The first kappa shape index (κ1) is 22.8. The molecule has 4 heteroatoms. The van der Waals surface area contributed by atoms with Crippen LogP contribution in [0.3, 0.4) is 0 Å². The molecule has 0 saturated carbocycles. The molecule has 0 bridgehead atoms. The van der Waals surface area contributed by atoms with E-state index >= 15 is 0 Å². The molecule has 2 N–H and O–H groups in total. The molecule has 3 aromatic carbocycles. The van der Waals surface area contributed by atoms with Gasteiger partial charge in [-0.15, -0.1) is 0 Å². The van der Waals surface area contributed by atoms with E-state index in [1.807, 2.05) is 12.2 Å². The standard InChI is InChI=1S/C28H26O4/c29-27(30)19-7-3-1-5-13-21-23-15-9-11-17-25(23)22(26-18-12-10-16-24(21)26)14-6-2-4-8-20-28(31)32/h1-4,7-12,15-20H,5-6,13-14H2,(H,29,30)(H,31,32)/b3-1+,4-2+,19-7+,20-8+. The first-order chi connectivity index (χ1) is 15.6. The Morgan fingerprint density at radius 3 is 1.25 bits per heavy atom. The van der Waals surface area contributed by atoms with Crippen LogP contribution in [0.5, 0.6) is 0 Å². The van der Waals surface area contributed by atoms with Crippen LogP contribution in [0.25, 0.3) is 21.5 Å². The van der Waals surface area contributed by atoms with Crippen molar-refractivity contribution in [1.29, 1.82) is 0 Å². The summed E-state index contributed by atoms with van der Waals surface area (Å²) in [6.07, 6.45) is 16.2. The molecule has 0 spiro atoms. The van der Waals surface area contributed by atoms with Crippen molar-refractivity contribution in [3.05, 3.63) is 108 Å². The molecule has 0 radical (unpaired) electrons. The minimum atomic E-state index is -0.949. The molecule has 4 nitrogen and oxygen atoms in total. The lowest BCUT2D eigenvalue weighted by Crippen LogP contribution is -1.96. The highest BCUT2D eigenvalue weighted by Crippen LogP contribution is 2.34. The Morgan fingerprint density at radius 1 is 0.594 bits per heavy atom. The normalized spacial score (nSPS) is 12.2. The van der Waals surface area contributed by atoms with Crippen LogP contribution < -0.4 is 0 Å². The van der Waals surface area contributed by atoms with Crippen LogP contribution in [-0.4, -0.2) is 22.2 Å². The average Bonchev–Trinajstić information content (AvgIpc) is 2.78. The fourth-order valence-corrected chi connectivity index (χ4v) is 3.93. The van der Waals surface area contributed by atoms with Crippen molar-refractivity contribution in [2.45, 2.75) is 25.7 Å². The second-order valence-electron chi connectivity index (χ2n) is 7.38. The molecule has 0 aliphatic carbocycles. The summed E-state index contributed by atoms with van der Waals surface area (Å²) >= 11 is 0. The molecule has 0 unspecified atom stereocenters. The van der Waals surface area contributed by atoms with Crippen molar-refractivity contribution in [3.63, 3.8) is 0 Å². The number of rotatable bonds is 10. The zero-order chi connectivity index (χ0) is 22.8. The zero-order valence-electron chi connectivity index (χ0n) is 17.8. The van der Waals surface area contributed by atoms with E-state index < -0.39 is 11.9 Å². The number of fused-ring (bicyclic) bond motifs is 2. The lowest BCUT2D eigenvalue weighted by atomic mass is 9.88. The van der Waals surface area contributed by atoms with Gasteiger partial charge in [-0.05, 0) is 58.4 Å². The predicted molar refractivity (Wildman–Crippen MR) is 130 cm³/mol. The molecule has 32 heavy (non-hydrogen) atoms. The molecule has 0 amide bonds. The summed E-state index contributed by atoms with van der Waals surface area (Å²) in [5.74, 6) is -1.90. The van der Waals surface area contributed by atoms with E-state index in [-0.39, 0.29) is 0 Å². The van der Waals surface area contributed by atoms with Gasteiger partial charge in [-0.2, -0.15) is 0 Å². The van der Waals surface area contributed by atoms with Gasteiger partial charge in [0, 0.05) is 12.2 Å². The fraction of sp³-hybridized carbons (Fsp3) is 0.143. The summed E-state index contributed by atoms with van der Waals surface area (Å²) in [4.78, 5) is 21.2. The first-order valence-electron chi connectivity index (χ1n) is 10.6. The third-order valence-corrected chi connectivity index (χ3v) is 5.25. The molecular formula is C28H26O4. The first-order valence-corrected chi connectivity index (χ1v) is 10.6. The Hall–Kier alpha value is -3.92. The molecule has 0 aromatic heterocycles. The van der Waals surface area contributed by atoms with E-state index in [9.17, 15) is 9.59 Å². The molecule has 0 saturated heterocycles. The SMILES string of the molecule is O=C(O)/C=C/C=C/CCc1c2ccccc2c(CC/C=C/C=C/C(=O)O)c2ccccc12. The number of carboxylic acids is 2. The number of aryl methyl sites for hydroxylation is 2. The van der Waals surface area contributed by atoms with E-state index in [0.29, 0.717) is 0 Å². The average molecular weight is 427 g/mol. The van der Waals surface area contributed by atoms with Crippen molar-refractivity contribution in [1.82, 2.24) is 0 Å². The second-order valence-corrected chi connectivity index (χ2v) is 7.38. The Kier molecular flexibility index (Phi) is 8.15. The van der Waals surface area contributed by atoms with Crippen molar-refractivity contribution in [2.75, 3.05) is 0 Å². The van der Waals surface area contributed by atoms with Crippen LogP contribution in [-0.2, 0) is 22.4 Å². The predicted octanol–water partition coefficient (Wildman–Crippen LogP) is 6.25. The van der Waals surface area contributed by atoms with Crippen molar-refractivity contribution >= 4 is 33.5 Å². The van der Waals surface area contributed by atoms with Crippen molar-refractivity contribution < 1.29 is 19.8 Å². The smallest absolute Gasteiger partial charge is 0.328 e. The number of carbonyl (C=O) groups is 2. The fourth-order valence-electron chi connectivity index (χ4n) is 3.93. The summed E-state index contributed by atoms with van der Waals surface area (Å²) in [5, 5.41) is 22.3. The quantitative estimate of drug-likeness (QED) is 0.228. The van der Waals surface area contributed by atoms with Gasteiger partial charge in [0.2, 0.25) is 0 Å². The molecular weight excluding hydrogens is 400 g/mol. The van der Waals surface area contributed by atoms with E-state index in [4.69, 9.17) is 10.2 Å².